The van der Waals surface area contributed by atoms with Crippen LogP contribution in [0.15, 0.2) is 29.1 Å². The molecule has 0 atom stereocenters. The minimum Gasteiger partial charge on any atom is -0.487 e. The van der Waals surface area contributed by atoms with Gasteiger partial charge in [0, 0.05) is 45.2 Å². The lowest BCUT2D eigenvalue weighted by Crippen LogP contribution is -2.41. The first-order valence-corrected chi connectivity index (χ1v) is 9.05. The SMILES string of the molecule is CN(CCN1CCOCC1)c1nc2c(c(=O)[nH]1)Cc1ccccc1OC2. The monoisotopic (exact) mass is 356 g/mol. The summed E-state index contributed by atoms with van der Waals surface area (Å²) in [5.74, 6) is 1.42. The molecule has 0 aliphatic carbocycles. The molecule has 0 spiro atoms. The summed E-state index contributed by atoms with van der Waals surface area (Å²) in [6.45, 7) is 5.51. The van der Waals surface area contributed by atoms with Crippen LogP contribution >= 0.6 is 0 Å². The molecule has 2 aromatic rings. The van der Waals surface area contributed by atoms with Crippen molar-refractivity contribution in [3.63, 3.8) is 0 Å². The normalized spacial score (nSPS) is 17.0. The minimum atomic E-state index is -0.0801. The third-order valence-corrected chi connectivity index (χ3v) is 5.01. The van der Waals surface area contributed by atoms with Crippen molar-refractivity contribution in [1.82, 2.24) is 14.9 Å². The van der Waals surface area contributed by atoms with Crippen LogP contribution in [0.5, 0.6) is 5.75 Å². The van der Waals surface area contributed by atoms with E-state index in [9.17, 15) is 4.79 Å². The standard InChI is InChI=1S/C19H24N4O3/c1-22(6-7-23-8-10-25-11-9-23)19-20-16-13-26-17-5-3-2-4-14(17)12-15(16)18(24)21-19/h2-5H,6-13H2,1H3,(H,20,21,24). The van der Waals surface area contributed by atoms with Crippen LogP contribution < -0.4 is 15.2 Å². The Balaban J connectivity index is 1.51. The zero-order chi connectivity index (χ0) is 17.9. The molecule has 1 fully saturated rings. The van der Waals surface area contributed by atoms with Crippen molar-refractivity contribution < 1.29 is 9.47 Å². The lowest BCUT2D eigenvalue weighted by Gasteiger charge is -2.28. The molecule has 1 aromatic carbocycles. The van der Waals surface area contributed by atoms with Crippen LogP contribution in [-0.2, 0) is 17.8 Å². The molecule has 0 radical (unpaired) electrons. The Morgan fingerprint density at radius 2 is 2.08 bits per heavy atom. The number of fused-ring (bicyclic) bond motifs is 2. The Bertz CT molecular complexity index is 830. The Hall–Kier alpha value is -2.38. The number of hydrogen-bond acceptors (Lipinski definition) is 6. The third-order valence-electron chi connectivity index (χ3n) is 5.01. The number of likely N-dealkylation sites (N-methyl/N-ethyl adjacent to an activating group) is 1. The number of benzene rings is 1. The molecule has 7 heteroatoms. The van der Waals surface area contributed by atoms with Crippen LogP contribution in [-0.4, -0.2) is 61.3 Å². The molecule has 1 aromatic heterocycles. The number of H-pyrrole nitrogens is 1. The average Bonchev–Trinajstić information content (AvgIpc) is 2.87. The largest absolute Gasteiger partial charge is 0.487 e. The van der Waals surface area contributed by atoms with Crippen LogP contribution in [0.3, 0.4) is 0 Å². The maximum atomic E-state index is 12.7. The number of nitrogens with zero attached hydrogens (tertiary/aromatic N) is 3. The molecule has 0 amide bonds. The molecule has 3 heterocycles. The molecular formula is C19H24N4O3. The summed E-state index contributed by atoms with van der Waals surface area (Å²) >= 11 is 0. The molecule has 1 N–H and O–H groups in total. The number of nitrogens with one attached hydrogen (secondary N) is 1. The number of hydrogen-bond donors (Lipinski definition) is 1. The van der Waals surface area contributed by atoms with Gasteiger partial charge >= 0.3 is 0 Å². The zero-order valence-electron chi connectivity index (χ0n) is 15.0. The van der Waals surface area contributed by atoms with E-state index in [0.717, 1.165) is 56.4 Å². The van der Waals surface area contributed by atoms with Gasteiger partial charge in [-0.05, 0) is 11.6 Å². The lowest BCUT2D eigenvalue weighted by atomic mass is 10.1. The van der Waals surface area contributed by atoms with Crippen LogP contribution in [0.25, 0.3) is 0 Å². The van der Waals surface area contributed by atoms with Crippen molar-refractivity contribution in [2.24, 2.45) is 0 Å². The van der Waals surface area contributed by atoms with Crippen LogP contribution in [0.4, 0.5) is 5.95 Å². The van der Waals surface area contributed by atoms with Crippen molar-refractivity contribution >= 4 is 5.95 Å². The van der Waals surface area contributed by atoms with Gasteiger partial charge in [-0.2, -0.15) is 0 Å². The predicted molar refractivity (Wildman–Crippen MR) is 99.0 cm³/mol. The number of morpholine rings is 1. The Kier molecular flexibility index (Phi) is 4.90. The second-order valence-electron chi connectivity index (χ2n) is 6.76. The van der Waals surface area contributed by atoms with Crippen LogP contribution in [0, 0.1) is 0 Å². The van der Waals surface area contributed by atoms with E-state index in [1.165, 1.54) is 0 Å². The van der Waals surface area contributed by atoms with Gasteiger partial charge < -0.3 is 14.4 Å². The number of anilines is 1. The number of para-hydroxylation sites is 1. The molecule has 7 nitrogen and oxygen atoms in total. The van der Waals surface area contributed by atoms with Crippen molar-refractivity contribution in [3.8, 4) is 5.75 Å². The van der Waals surface area contributed by atoms with Crippen molar-refractivity contribution in [2.75, 3.05) is 51.3 Å². The van der Waals surface area contributed by atoms with Gasteiger partial charge in [0.2, 0.25) is 5.95 Å². The van der Waals surface area contributed by atoms with Gasteiger partial charge in [-0.25, -0.2) is 4.98 Å². The van der Waals surface area contributed by atoms with Gasteiger partial charge in [0.1, 0.15) is 12.4 Å². The fourth-order valence-corrected chi connectivity index (χ4v) is 3.36. The zero-order valence-corrected chi connectivity index (χ0v) is 15.0. The molecule has 4 rings (SSSR count). The second kappa shape index (κ2) is 7.47. The van der Waals surface area contributed by atoms with E-state index in [1.807, 2.05) is 36.2 Å². The second-order valence-corrected chi connectivity index (χ2v) is 6.76. The summed E-state index contributed by atoms with van der Waals surface area (Å²) in [6, 6.07) is 7.83. The molecule has 26 heavy (non-hydrogen) atoms. The summed E-state index contributed by atoms with van der Waals surface area (Å²) < 4.78 is 11.2. The summed E-state index contributed by atoms with van der Waals surface area (Å²) in [7, 11) is 1.96. The Morgan fingerprint density at radius 1 is 1.27 bits per heavy atom. The molecule has 0 bridgehead atoms. The highest BCUT2D eigenvalue weighted by Crippen LogP contribution is 2.26. The van der Waals surface area contributed by atoms with Gasteiger partial charge in [0.05, 0.1) is 18.9 Å². The average molecular weight is 356 g/mol. The van der Waals surface area contributed by atoms with E-state index in [4.69, 9.17) is 9.47 Å². The fourth-order valence-electron chi connectivity index (χ4n) is 3.36. The maximum absolute atomic E-state index is 12.7. The van der Waals surface area contributed by atoms with E-state index in [0.29, 0.717) is 24.5 Å². The third kappa shape index (κ3) is 3.59. The summed E-state index contributed by atoms with van der Waals surface area (Å²) in [5, 5.41) is 0. The molecule has 1 saturated heterocycles. The number of rotatable bonds is 4. The molecule has 0 unspecified atom stereocenters. The van der Waals surface area contributed by atoms with Gasteiger partial charge in [-0.3, -0.25) is 14.7 Å². The summed E-state index contributed by atoms with van der Waals surface area (Å²) in [6.07, 6.45) is 0.547. The topological polar surface area (TPSA) is 70.7 Å². The van der Waals surface area contributed by atoms with E-state index in [2.05, 4.69) is 14.9 Å². The first-order chi connectivity index (χ1) is 12.7. The van der Waals surface area contributed by atoms with Crippen molar-refractivity contribution in [3.05, 3.63) is 51.4 Å². The van der Waals surface area contributed by atoms with E-state index in [-0.39, 0.29) is 5.56 Å². The molecule has 2 aliphatic heterocycles. The van der Waals surface area contributed by atoms with E-state index < -0.39 is 0 Å². The van der Waals surface area contributed by atoms with Crippen LogP contribution in [0.1, 0.15) is 16.8 Å². The molecular weight excluding hydrogens is 332 g/mol. The summed E-state index contributed by atoms with van der Waals surface area (Å²) in [4.78, 5) is 24.6. The first kappa shape index (κ1) is 17.1. The number of aromatic nitrogens is 2. The van der Waals surface area contributed by atoms with Gasteiger partial charge in [0.25, 0.3) is 5.56 Å². The Morgan fingerprint density at radius 3 is 2.92 bits per heavy atom. The number of aromatic amines is 1. The number of ether oxygens (including phenoxy) is 2. The lowest BCUT2D eigenvalue weighted by molar-refractivity contribution is 0.0392. The highest BCUT2D eigenvalue weighted by Gasteiger charge is 2.20. The van der Waals surface area contributed by atoms with Crippen LogP contribution in [0.2, 0.25) is 0 Å². The van der Waals surface area contributed by atoms with Gasteiger partial charge in [-0.1, -0.05) is 18.2 Å². The fraction of sp³-hybridized carbons (Fsp3) is 0.474. The van der Waals surface area contributed by atoms with Crippen molar-refractivity contribution in [2.45, 2.75) is 13.0 Å². The smallest absolute Gasteiger partial charge is 0.256 e. The summed E-state index contributed by atoms with van der Waals surface area (Å²) in [5.41, 5.74) is 2.36. The first-order valence-electron chi connectivity index (χ1n) is 9.05. The van der Waals surface area contributed by atoms with E-state index >= 15 is 0 Å². The van der Waals surface area contributed by atoms with E-state index in [1.54, 1.807) is 0 Å². The minimum absolute atomic E-state index is 0.0801. The predicted octanol–water partition coefficient (Wildman–Crippen LogP) is 1.02. The van der Waals surface area contributed by atoms with Crippen molar-refractivity contribution in [1.29, 1.82) is 0 Å². The molecule has 138 valence electrons. The van der Waals surface area contributed by atoms with Gasteiger partial charge in [0.15, 0.2) is 0 Å². The maximum Gasteiger partial charge on any atom is 0.256 e. The van der Waals surface area contributed by atoms with Gasteiger partial charge in [-0.15, -0.1) is 0 Å². The highest BCUT2D eigenvalue weighted by atomic mass is 16.5. The molecule has 0 saturated carbocycles. The Labute approximate surface area is 152 Å². The quantitative estimate of drug-likeness (QED) is 0.882. The molecule has 2 aliphatic rings. The highest BCUT2D eigenvalue weighted by molar-refractivity contribution is 5.42.